The van der Waals surface area contributed by atoms with Gasteiger partial charge < -0.3 is 26.0 Å². The summed E-state index contributed by atoms with van der Waals surface area (Å²) in [6, 6.07) is 16.5. The van der Waals surface area contributed by atoms with E-state index in [0.29, 0.717) is 25.1 Å². The van der Waals surface area contributed by atoms with E-state index in [1.54, 1.807) is 32.9 Å². The minimum absolute atomic E-state index is 0.0218. The first kappa shape index (κ1) is 32.3. The van der Waals surface area contributed by atoms with Crippen molar-refractivity contribution in [1.29, 1.82) is 0 Å². The smallest absolute Gasteiger partial charge is 0.408 e. The number of carbonyl (C=O) groups excluding carboxylic acids is 4. The molecule has 9 heteroatoms. The fraction of sp³-hybridized carbons (Fsp3) is 0.484. The van der Waals surface area contributed by atoms with E-state index in [-0.39, 0.29) is 18.7 Å². The Balaban J connectivity index is 2.43. The van der Waals surface area contributed by atoms with Crippen molar-refractivity contribution in [1.82, 2.24) is 15.5 Å². The molecule has 40 heavy (non-hydrogen) atoms. The van der Waals surface area contributed by atoms with Crippen LogP contribution in [0.1, 0.15) is 83.4 Å². The van der Waals surface area contributed by atoms with Crippen molar-refractivity contribution >= 4 is 23.8 Å². The maximum atomic E-state index is 14.1. The van der Waals surface area contributed by atoms with Crippen molar-refractivity contribution in [3.63, 3.8) is 0 Å². The first-order valence-electron chi connectivity index (χ1n) is 14.0. The van der Waals surface area contributed by atoms with E-state index in [2.05, 4.69) is 17.6 Å². The number of rotatable bonds is 15. The summed E-state index contributed by atoms with van der Waals surface area (Å²) in [5.41, 5.74) is 6.17. The number of benzene rings is 2. The lowest BCUT2D eigenvalue weighted by Gasteiger charge is -2.34. The Hall–Kier alpha value is -3.88. The number of unbranched alkanes of at least 4 members (excludes halogenated alkanes) is 3. The van der Waals surface area contributed by atoms with Crippen LogP contribution in [0, 0.1) is 0 Å². The van der Waals surface area contributed by atoms with Crippen LogP contribution in [0.3, 0.4) is 0 Å². The number of hydrogen-bond donors (Lipinski definition) is 3. The summed E-state index contributed by atoms with van der Waals surface area (Å²) >= 11 is 0. The maximum Gasteiger partial charge on any atom is 0.408 e. The van der Waals surface area contributed by atoms with E-state index in [0.717, 1.165) is 24.8 Å². The second-order valence-electron chi connectivity index (χ2n) is 10.8. The molecule has 2 unspecified atom stereocenters. The van der Waals surface area contributed by atoms with Crippen LogP contribution in [0.5, 0.6) is 0 Å². The highest BCUT2D eigenvalue weighted by Gasteiger charge is 2.36. The lowest BCUT2D eigenvalue weighted by Crippen LogP contribution is -2.53. The van der Waals surface area contributed by atoms with Crippen molar-refractivity contribution < 1.29 is 23.9 Å². The fourth-order valence-corrected chi connectivity index (χ4v) is 4.26. The molecule has 0 aliphatic heterocycles. The van der Waals surface area contributed by atoms with E-state index in [9.17, 15) is 19.2 Å². The molecule has 0 saturated heterocycles. The van der Waals surface area contributed by atoms with Gasteiger partial charge in [0.2, 0.25) is 17.7 Å². The first-order valence-corrected chi connectivity index (χ1v) is 14.0. The van der Waals surface area contributed by atoms with Gasteiger partial charge in [-0.05, 0) is 44.7 Å². The van der Waals surface area contributed by atoms with E-state index in [4.69, 9.17) is 10.5 Å². The molecule has 2 aromatic rings. The van der Waals surface area contributed by atoms with Gasteiger partial charge in [-0.2, -0.15) is 0 Å². The van der Waals surface area contributed by atoms with E-state index < -0.39 is 35.6 Å². The summed E-state index contributed by atoms with van der Waals surface area (Å²) < 4.78 is 5.38. The van der Waals surface area contributed by atoms with Crippen LogP contribution in [-0.2, 0) is 25.7 Å². The Morgan fingerprint density at radius 1 is 0.925 bits per heavy atom. The highest BCUT2D eigenvalue weighted by molar-refractivity contribution is 5.92. The Kier molecular flexibility index (Phi) is 13.2. The largest absolute Gasteiger partial charge is 0.444 e. The molecule has 9 nitrogen and oxygen atoms in total. The minimum Gasteiger partial charge on any atom is -0.444 e. The summed E-state index contributed by atoms with van der Waals surface area (Å²) in [4.78, 5) is 53.7. The van der Waals surface area contributed by atoms with Crippen LogP contribution in [0.2, 0.25) is 0 Å². The number of ether oxygens (including phenoxy) is 1. The molecule has 218 valence electrons. The van der Waals surface area contributed by atoms with Crippen LogP contribution in [0.25, 0.3) is 0 Å². The SMILES string of the molecule is CCCCCCN(C(=O)C(CCC(N)=O)NC(=O)OC(C)(C)C)C(C(=O)NCc1ccccc1)c1ccccc1. The number of alkyl carbamates (subject to hydrolysis) is 1. The molecule has 0 aliphatic carbocycles. The topological polar surface area (TPSA) is 131 Å². The number of carbonyl (C=O) groups is 4. The lowest BCUT2D eigenvalue weighted by molar-refractivity contribution is -0.143. The van der Waals surface area contributed by atoms with Gasteiger partial charge in [-0.3, -0.25) is 14.4 Å². The van der Waals surface area contributed by atoms with Gasteiger partial charge in [0.25, 0.3) is 0 Å². The fourth-order valence-electron chi connectivity index (χ4n) is 4.26. The first-order chi connectivity index (χ1) is 19.0. The zero-order valence-corrected chi connectivity index (χ0v) is 24.2. The third kappa shape index (κ3) is 11.5. The Labute approximate surface area is 237 Å². The predicted octanol–water partition coefficient (Wildman–Crippen LogP) is 4.61. The predicted molar refractivity (Wildman–Crippen MR) is 155 cm³/mol. The molecule has 2 atom stereocenters. The summed E-state index contributed by atoms with van der Waals surface area (Å²) in [5, 5.41) is 5.60. The van der Waals surface area contributed by atoms with Gasteiger partial charge in [-0.15, -0.1) is 0 Å². The molecule has 0 heterocycles. The van der Waals surface area contributed by atoms with Crippen molar-refractivity contribution in [3.8, 4) is 0 Å². The number of hydrogen-bond acceptors (Lipinski definition) is 5. The molecular weight excluding hydrogens is 508 g/mol. The molecule has 0 aromatic heterocycles. The van der Waals surface area contributed by atoms with E-state index >= 15 is 0 Å². The summed E-state index contributed by atoms with van der Waals surface area (Å²) in [5.74, 6) is -1.42. The van der Waals surface area contributed by atoms with Gasteiger partial charge in [0.05, 0.1) is 0 Å². The minimum atomic E-state index is -1.11. The second kappa shape index (κ2) is 16.3. The van der Waals surface area contributed by atoms with Crippen LogP contribution < -0.4 is 16.4 Å². The van der Waals surface area contributed by atoms with Gasteiger partial charge in [0.15, 0.2) is 0 Å². The number of primary amides is 1. The highest BCUT2D eigenvalue weighted by atomic mass is 16.6. The summed E-state index contributed by atoms with van der Waals surface area (Å²) in [7, 11) is 0. The van der Waals surface area contributed by atoms with Crippen molar-refractivity contribution in [2.24, 2.45) is 5.73 Å². The zero-order valence-electron chi connectivity index (χ0n) is 24.2. The standard InChI is InChI=1S/C31H44N4O5/c1-5-6-7-14-21-35(29(38)25(19-20-26(32)36)34-30(39)40-31(2,3)4)27(24-17-12-9-13-18-24)28(37)33-22-23-15-10-8-11-16-23/h8-13,15-18,25,27H,5-7,14,19-22H2,1-4H3,(H2,32,36)(H,33,37)(H,34,39). The van der Waals surface area contributed by atoms with Crippen LogP contribution in [0.15, 0.2) is 60.7 Å². The van der Waals surface area contributed by atoms with Gasteiger partial charge in [-0.1, -0.05) is 86.8 Å². The lowest BCUT2D eigenvalue weighted by atomic mass is 10.0. The zero-order chi connectivity index (χ0) is 29.5. The van der Waals surface area contributed by atoms with Crippen molar-refractivity contribution in [3.05, 3.63) is 71.8 Å². The number of nitrogens with zero attached hydrogens (tertiary/aromatic N) is 1. The average molecular weight is 553 g/mol. The molecule has 0 bridgehead atoms. The van der Waals surface area contributed by atoms with Gasteiger partial charge in [-0.25, -0.2) is 4.79 Å². The number of nitrogens with one attached hydrogen (secondary N) is 2. The van der Waals surface area contributed by atoms with E-state index in [1.165, 1.54) is 4.90 Å². The normalized spacial score (nSPS) is 12.6. The molecule has 0 spiro atoms. The van der Waals surface area contributed by atoms with Gasteiger partial charge >= 0.3 is 6.09 Å². The van der Waals surface area contributed by atoms with E-state index in [1.807, 2.05) is 48.5 Å². The molecule has 0 saturated carbocycles. The Morgan fingerprint density at radius 3 is 2.12 bits per heavy atom. The molecule has 4 N–H and O–H groups in total. The van der Waals surface area contributed by atoms with Crippen LogP contribution >= 0.6 is 0 Å². The molecule has 0 radical (unpaired) electrons. The quantitative estimate of drug-likeness (QED) is 0.278. The highest BCUT2D eigenvalue weighted by Crippen LogP contribution is 2.24. The molecule has 2 aromatic carbocycles. The molecule has 2 rings (SSSR count). The second-order valence-corrected chi connectivity index (χ2v) is 10.8. The van der Waals surface area contributed by atoms with Crippen LogP contribution in [0.4, 0.5) is 4.79 Å². The number of amides is 4. The van der Waals surface area contributed by atoms with Gasteiger partial charge in [0.1, 0.15) is 17.7 Å². The van der Waals surface area contributed by atoms with Crippen molar-refractivity contribution in [2.75, 3.05) is 6.54 Å². The molecule has 0 fully saturated rings. The molecular formula is C31H44N4O5. The van der Waals surface area contributed by atoms with Crippen LogP contribution in [-0.4, -0.2) is 46.9 Å². The number of nitrogens with two attached hydrogens (primary N) is 1. The summed E-state index contributed by atoms with van der Waals surface area (Å²) in [6.07, 6.45) is 2.61. The Bertz CT molecular complexity index is 1090. The maximum absolute atomic E-state index is 14.1. The Morgan fingerprint density at radius 2 is 1.55 bits per heavy atom. The molecule has 4 amide bonds. The third-order valence-electron chi connectivity index (χ3n) is 6.19. The summed E-state index contributed by atoms with van der Waals surface area (Å²) in [6.45, 7) is 7.83. The van der Waals surface area contributed by atoms with Crippen molar-refractivity contribution in [2.45, 2.75) is 90.4 Å². The third-order valence-corrected chi connectivity index (χ3v) is 6.19. The average Bonchev–Trinajstić information content (AvgIpc) is 2.91. The molecule has 0 aliphatic rings. The monoisotopic (exact) mass is 552 g/mol. The van der Waals surface area contributed by atoms with Gasteiger partial charge in [0, 0.05) is 19.5 Å².